The summed E-state index contributed by atoms with van der Waals surface area (Å²) < 4.78 is 0. The fourth-order valence-electron chi connectivity index (χ4n) is 3.46. The Morgan fingerprint density at radius 1 is 0.882 bits per heavy atom. The van der Waals surface area contributed by atoms with Gasteiger partial charge in [0.1, 0.15) is 0 Å². The lowest BCUT2D eigenvalue weighted by molar-refractivity contribution is 0.397. The number of hydrogen-bond donors (Lipinski definition) is 1. The SMILES string of the molecule is c1ccc2c(c1)CC[C@@H]2NC1CCCCCC1. The maximum atomic E-state index is 3.91. The molecule has 1 nitrogen and oxygen atoms in total. The zero-order valence-electron chi connectivity index (χ0n) is 10.6. The van der Waals surface area contributed by atoms with E-state index >= 15 is 0 Å². The highest BCUT2D eigenvalue weighted by atomic mass is 15.0. The molecule has 1 aromatic carbocycles. The minimum absolute atomic E-state index is 0.634. The second-order valence-corrected chi connectivity index (χ2v) is 5.65. The summed E-state index contributed by atoms with van der Waals surface area (Å²) >= 11 is 0. The molecule has 1 heteroatoms. The van der Waals surface area contributed by atoms with Crippen LogP contribution in [-0.4, -0.2) is 6.04 Å². The molecule has 0 radical (unpaired) electrons. The van der Waals surface area contributed by atoms with E-state index in [-0.39, 0.29) is 0 Å². The smallest absolute Gasteiger partial charge is 0.0328 e. The van der Waals surface area contributed by atoms with Gasteiger partial charge in [0.15, 0.2) is 0 Å². The summed E-state index contributed by atoms with van der Waals surface area (Å²) in [5.41, 5.74) is 3.13. The molecular weight excluding hydrogens is 206 g/mol. The van der Waals surface area contributed by atoms with E-state index < -0.39 is 0 Å². The van der Waals surface area contributed by atoms with Gasteiger partial charge in [0.2, 0.25) is 0 Å². The minimum Gasteiger partial charge on any atom is -0.307 e. The Morgan fingerprint density at radius 2 is 1.65 bits per heavy atom. The predicted molar refractivity (Wildman–Crippen MR) is 72.1 cm³/mol. The average Bonchev–Trinajstić information content (AvgIpc) is 2.59. The van der Waals surface area contributed by atoms with E-state index in [0.29, 0.717) is 6.04 Å². The normalized spacial score (nSPS) is 25.5. The van der Waals surface area contributed by atoms with Gasteiger partial charge in [-0.25, -0.2) is 0 Å². The molecule has 0 heterocycles. The molecule has 3 rings (SSSR count). The van der Waals surface area contributed by atoms with Crippen molar-refractivity contribution in [3.05, 3.63) is 35.4 Å². The summed E-state index contributed by atoms with van der Waals surface area (Å²) in [5.74, 6) is 0. The summed E-state index contributed by atoms with van der Waals surface area (Å²) in [5, 5.41) is 3.91. The Hall–Kier alpha value is -0.820. The molecule has 1 aromatic rings. The molecular formula is C16H23N. The Balaban J connectivity index is 1.66. The van der Waals surface area contributed by atoms with Gasteiger partial charge in [-0.05, 0) is 36.8 Å². The van der Waals surface area contributed by atoms with Crippen LogP contribution in [0.1, 0.15) is 62.1 Å². The Bertz CT molecular complexity index is 364. The molecule has 92 valence electrons. The van der Waals surface area contributed by atoms with Gasteiger partial charge in [0.25, 0.3) is 0 Å². The van der Waals surface area contributed by atoms with Crippen molar-refractivity contribution in [3.63, 3.8) is 0 Å². The minimum atomic E-state index is 0.634. The topological polar surface area (TPSA) is 12.0 Å². The highest BCUT2D eigenvalue weighted by Gasteiger charge is 2.24. The largest absolute Gasteiger partial charge is 0.307 e. The summed E-state index contributed by atoms with van der Waals surface area (Å²) in [7, 11) is 0. The Morgan fingerprint density at radius 3 is 2.47 bits per heavy atom. The van der Waals surface area contributed by atoms with Crippen molar-refractivity contribution >= 4 is 0 Å². The van der Waals surface area contributed by atoms with Crippen LogP contribution in [0.5, 0.6) is 0 Å². The van der Waals surface area contributed by atoms with Crippen LogP contribution in [-0.2, 0) is 6.42 Å². The summed E-state index contributed by atoms with van der Waals surface area (Å²) in [6.45, 7) is 0. The lowest BCUT2D eigenvalue weighted by Gasteiger charge is -2.22. The number of benzene rings is 1. The maximum absolute atomic E-state index is 3.91. The van der Waals surface area contributed by atoms with Crippen LogP contribution in [0.25, 0.3) is 0 Å². The standard InChI is InChI=1S/C16H23N/c1-2-4-9-14(8-3-1)17-16-12-11-13-7-5-6-10-15(13)16/h5-7,10,14,16-17H,1-4,8-9,11-12H2/t16-/m0/s1. The van der Waals surface area contributed by atoms with Crippen LogP contribution in [0.15, 0.2) is 24.3 Å². The number of fused-ring (bicyclic) bond motifs is 1. The van der Waals surface area contributed by atoms with Gasteiger partial charge in [0.05, 0.1) is 0 Å². The van der Waals surface area contributed by atoms with Gasteiger partial charge in [-0.1, -0.05) is 49.9 Å². The van der Waals surface area contributed by atoms with Crippen LogP contribution >= 0.6 is 0 Å². The van der Waals surface area contributed by atoms with E-state index in [1.807, 2.05) is 0 Å². The highest BCUT2D eigenvalue weighted by molar-refractivity contribution is 5.34. The Labute approximate surface area is 105 Å². The molecule has 0 unspecified atom stereocenters. The Kier molecular flexibility index (Phi) is 3.46. The predicted octanol–water partition coefficient (Wildman–Crippen LogP) is 3.99. The van der Waals surface area contributed by atoms with E-state index in [9.17, 15) is 0 Å². The fraction of sp³-hybridized carbons (Fsp3) is 0.625. The number of hydrogen-bond acceptors (Lipinski definition) is 1. The van der Waals surface area contributed by atoms with Gasteiger partial charge in [-0.2, -0.15) is 0 Å². The number of aryl methyl sites for hydroxylation is 1. The van der Waals surface area contributed by atoms with E-state index in [1.165, 1.54) is 51.4 Å². The van der Waals surface area contributed by atoms with Gasteiger partial charge in [-0.3, -0.25) is 0 Å². The van der Waals surface area contributed by atoms with Crippen molar-refractivity contribution in [2.45, 2.75) is 63.5 Å². The quantitative estimate of drug-likeness (QED) is 0.756. The van der Waals surface area contributed by atoms with Gasteiger partial charge in [0, 0.05) is 12.1 Å². The summed E-state index contributed by atoms with van der Waals surface area (Å²) in [6, 6.07) is 10.4. The average molecular weight is 229 g/mol. The number of nitrogens with one attached hydrogen (secondary N) is 1. The van der Waals surface area contributed by atoms with Gasteiger partial charge in [-0.15, -0.1) is 0 Å². The molecule has 1 N–H and O–H groups in total. The molecule has 0 bridgehead atoms. The molecule has 1 atom stereocenters. The lowest BCUT2D eigenvalue weighted by atomic mass is 10.0. The molecule has 17 heavy (non-hydrogen) atoms. The highest BCUT2D eigenvalue weighted by Crippen LogP contribution is 2.32. The van der Waals surface area contributed by atoms with Crippen LogP contribution in [0.4, 0.5) is 0 Å². The van der Waals surface area contributed by atoms with E-state index in [2.05, 4.69) is 29.6 Å². The number of rotatable bonds is 2. The molecule has 1 fully saturated rings. The first-order valence-electron chi connectivity index (χ1n) is 7.27. The van der Waals surface area contributed by atoms with Crippen molar-refractivity contribution < 1.29 is 0 Å². The molecule has 0 aromatic heterocycles. The van der Waals surface area contributed by atoms with Crippen molar-refractivity contribution in [1.29, 1.82) is 0 Å². The second-order valence-electron chi connectivity index (χ2n) is 5.65. The third-order valence-corrected chi connectivity index (χ3v) is 4.42. The van der Waals surface area contributed by atoms with Crippen LogP contribution in [0.3, 0.4) is 0 Å². The summed E-state index contributed by atoms with van der Waals surface area (Å²) in [6.07, 6.45) is 11.1. The first-order chi connectivity index (χ1) is 8.43. The third kappa shape index (κ3) is 2.55. The third-order valence-electron chi connectivity index (χ3n) is 4.42. The zero-order chi connectivity index (χ0) is 11.5. The van der Waals surface area contributed by atoms with Crippen LogP contribution in [0.2, 0.25) is 0 Å². The molecule has 0 saturated heterocycles. The second kappa shape index (κ2) is 5.22. The molecule has 0 aliphatic heterocycles. The van der Waals surface area contributed by atoms with Gasteiger partial charge < -0.3 is 5.32 Å². The first-order valence-corrected chi connectivity index (χ1v) is 7.27. The van der Waals surface area contributed by atoms with Crippen molar-refractivity contribution in [2.75, 3.05) is 0 Å². The maximum Gasteiger partial charge on any atom is 0.0328 e. The lowest BCUT2D eigenvalue weighted by Crippen LogP contribution is -2.31. The van der Waals surface area contributed by atoms with Crippen molar-refractivity contribution in [3.8, 4) is 0 Å². The first kappa shape index (κ1) is 11.3. The van der Waals surface area contributed by atoms with E-state index in [0.717, 1.165) is 6.04 Å². The van der Waals surface area contributed by atoms with Crippen LogP contribution < -0.4 is 5.32 Å². The zero-order valence-corrected chi connectivity index (χ0v) is 10.6. The van der Waals surface area contributed by atoms with Crippen LogP contribution in [0, 0.1) is 0 Å². The molecule has 1 saturated carbocycles. The van der Waals surface area contributed by atoms with E-state index in [4.69, 9.17) is 0 Å². The van der Waals surface area contributed by atoms with Gasteiger partial charge >= 0.3 is 0 Å². The van der Waals surface area contributed by atoms with Crippen molar-refractivity contribution in [2.24, 2.45) is 0 Å². The van der Waals surface area contributed by atoms with E-state index in [1.54, 1.807) is 11.1 Å². The molecule has 2 aliphatic carbocycles. The molecule has 0 amide bonds. The fourth-order valence-corrected chi connectivity index (χ4v) is 3.46. The molecule has 2 aliphatic rings. The monoisotopic (exact) mass is 229 g/mol. The molecule has 0 spiro atoms. The summed E-state index contributed by atoms with van der Waals surface area (Å²) in [4.78, 5) is 0. The van der Waals surface area contributed by atoms with Crippen molar-refractivity contribution in [1.82, 2.24) is 5.32 Å².